The van der Waals surface area contributed by atoms with E-state index in [9.17, 15) is 4.79 Å². The molecule has 1 amide bonds. The monoisotopic (exact) mass is 194 g/mol. The Kier molecular flexibility index (Phi) is 1.69. The molecule has 0 spiro atoms. The first-order valence-electron chi connectivity index (χ1n) is 5.81. The van der Waals surface area contributed by atoms with Crippen molar-refractivity contribution < 1.29 is 4.79 Å². The molecule has 1 N–H and O–H groups in total. The van der Waals surface area contributed by atoms with Crippen LogP contribution in [0.25, 0.3) is 0 Å². The Morgan fingerprint density at radius 3 is 3.07 bits per heavy atom. The van der Waals surface area contributed by atoms with Gasteiger partial charge in [0, 0.05) is 18.5 Å². The van der Waals surface area contributed by atoms with Crippen LogP contribution in [0.2, 0.25) is 0 Å². The van der Waals surface area contributed by atoms with Crippen molar-refractivity contribution in [3.63, 3.8) is 0 Å². The van der Waals surface area contributed by atoms with Gasteiger partial charge in [-0.1, -0.05) is 12.8 Å². The van der Waals surface area contributed by atoms with Crippen LogP contribution in [0.1, 0.15) is 45.4 Å². The molecule has 2 aliphatic heterocycles. The smallest absolute Gasteiger partial charge is 0.224 e. The predicted octanol–water partition coefficient (Wildman–Crippen LogP) is 1.24. The fourth-order valence-electron chi connectivity index (χ4n) is 3.55. The van der Waals surface area contributed by atoms with E-state index in [0.29, 0.717) is 18.0 Å². The minimum Gasteiger partial charge on any atom is -0.320 e. The normalized spacial score (nSPS) is 46.6. The fraction of sp³-hybridized carbons (Fsp3) is 0.909. The van der Waals surface area contributed by atoms with E-state index < -0.39 is 0 Å². The second-order valence-corrected chi connectivity index (χ2v) is 5.14. The zero-order chi connectivity index (χ0) is 9.76. The lowest BCUT2D eigenvalue weighted by Crippen LogP contribution is -2.47. The predicted molar refractivity (Wildman–Crippen MR) is 53.7 cm³/mol. The lowest BCUT2D eigenvalue weighted by atomic mass is 9.91. The summed E-state index contributed by atoms with van der Waals surface area (Å²) >= 11 is 0. The van der Waals surface area contributed by atoms with Gasteiger partial charge in [0.05, 0.1) is 5.66 Å². The summed E-state index contributed by atoms with van der Waals surface area (Å²) < 4.78 is 0. The van der Waals surface area contributed by atoms with Crippen molar-refractivity contribution >= 4 is 5.91 Å². The highest BCUT2D eigenvalue weighted by molar-refractivity contribution is 5.80. The third-order valence-corrected chi connectivity index (χ3v) is 4.18. The molecule has 0 bridgehead atoms. The Balaban J connectivity index is 1.92. The van der Waals surface area contributed by atoms with Crippen LogP contribution in [0.5, 0.6) is 0 Å². The van der Waals surface area contributed by atoms with Crippen molar-refractivity contribution in [1.82, 2.24) is 10.2 Å². The summed E-state index contributed by atoms with van der Waals surface area (Å²) in [5.74, 6) is 0.370. The highest BCUT2D eigenvalue weighted by Gasteiger charge is 2.54. The highest BCUT2D eigenvalue weighted by Crippen LogP contribution is 2.41. The number of rotatable bonds is 0. The number of carbonyl (C=O) groups is 1. The highest BCUT2D eigenvalue weighted by atomic mass is 16.2. The number of hydrogen-bond acceptors (Lipinski definition) is 2. The fourth-order valence-corrected chi connectivity index (χ4v) is 3.55. The van der Waals surface area contributed by atoms with E-state index in [1.807, 2.05) is 0 Å². The maximum atomic E-state index is 11.8. The standard InChI is InChI=1S/C11H18N2O/c1-11-7-6-10(14)13(11)9-5-3-2-4-8(9)12-11/h8-9,12H,2-7H2,1H3/t8-,9-,11-/m0/s1. The molecular weight excluding hydrogens is 176 g/mol. The lowest BCUT2D eigenvalue weighted by molar-refractivity contribution is -0.132. The lowest BCUT2D eigenvalue weighted by Gasteiger charge is -2.32. The summed E-state index contributed by atoms with van der Waals surface area (Å²) in [6, 6.07) is 1.08. The molecule has 1 saturated carbocycles. The number of fused-ring (bicyclic) bond motifs is 3. The van der Waals surface area contributed by atoms with Gasteiger partial charge in [-0.3, -0.25) is 10.1 Å². The van der Waals surface area contributed by atoms with Gasteiger partial charge in [-0.2, -0.15) is 0 Å². The maximum Gasteiger partial charge on any atom is 0.224 e. The summed E-state index contributed by atoms with van der Waals surface area (Å²) in [5.41, 5.74) is -0.00322. The molecule has 0 radical (unpaired) electrons. The number of amides is 1. The summed E-state index contributed by atoms with van der Waals surface area (Å²) in [4.78, 5) is 14.0. The van der Waals surface area contributed by atoms with Gasteiger partial charge in [0.1, 0.15) is 0 Å². The van der Waals surface area contributed by atoms with Gasteiger partial charge in [-0.25, -0.2) is 0 Å². The Labute approximate surface area is 84.8 Å². The van der Waals surface area contributed by atoms with E-state index in [1.165, 1.54) is 25.7 Å². The van der Waals surface area contributed by atoms with Crippen molar-refractivity contribution in [3.05, 3.63) is 0 Å². The molecule has 3 aliphatic rings. The number of nitrogens with zero attached hydrogens (tertiary/aromatic N) is 1. The summed E-state index contributed by atoms with van der Waals surface area (Å²) in [5, 5.41) is 3.67. The van der Waals surface area contributed by atoms with Crippen LogP contribution in [-0.2, 0) is 4.79 Å². The second kappa shape index (κ2) is 2.72. The van der Waals surface area contributed by atoms with Gasteiger partial charge in [0.25, 0.3) is 0 Å². The molecule has 3 heteroatoms. The Morgan fingerprint density at radius 1 is 1.43 bits per heavy atom. The first-order valence-corrected chi connectivity index (χ1v) is 5.81. The van der Waals surface area contributed by atoms with Crippen molar-refractivity contribution in [3.8, 4) is 0 Å². The Bertz CT molecular complexity index is 278. The number of carbonyl (C=O) groups excluding carboxylic acids is 1. The maximum absolute atomic E-state index is 11.8. The molecular formula is C11H18N2O. The molecule has 0 aromatic carbocycles. The van der Waals surface area contributed by atoms with Gasteiger partial charge in [-0.15, -0.1) is 0 Å². The first-order chi connectivity index (χ1) is 6.71. The van der Waals surface area contributed by atoms with E-state index in [4.69, 9.17) is 0 Å². The molecule has 3 atom stereocenters. The third-order valence-electron chi connectivity index (χ3n) is 4.18. The van der Waals surface area contributed by atoms with Crippen LogP contribution in [0.15, 0.2) is 0 Å². The van der Waals surface area contributed by atoms with E-state index in [-0.39, 0.29) is 5.66 Å². The minimum absolute atomic E-state index is 0.00322. The average molecular weight is 194 g/mol. The van der Waals surface area contributed by atoms with Crippen LogP contribution in [0.3, 0.4) is 0 Å². The van der Waals surface area contributed by atoms with Gasteiger partial charge in [-0.05, 0) is 26.2 Å². The Hall–Kier alpha value is -0.570. The number of hydrogen-bond donors (Lipinski definition) is 1. The van der Waals surface area contributed by atoms with E-state index >= 15 is 0 Å². The Morgan fingerprint density at radius 2 is 2.21 bits per heavy atom. The molecule has 3 fully saturated rings. The second-order valence-electron chi connectivity index (χ2n) is 5.14. The molecule has 2 saturated heterocycles. The van der Waals surface area contributed by atoms with E-state index in [0.717, 1.165) is 12.8 Å². The van der Waals surface area contributed by atoms with E-state index in [2.05, 4.69) is 17.1 Å². The van der Waals surface area contributed by atoms with Crippen molar-refractivity contribution in [2.75, 3.05) is 0 Å². The number of nitrogens with one attached hydrogen (secondary N) is 1. The SMILES string of the molecule is C[C@@]12CCC(=O)N1[C@H]1CCCC[C@@H]1N2. The molecule has 1 aliphatic carbocycles. The molecule has 0 aromatic rings. The summed E-state index contributed by atoms with van der Waals surface area (Å²) in [6.45, 7) is 2.19. The molecule has 0 unspecified atom stereocenters. The van der Waals surface area contributed by atoms with Gasteiger partial charge < -0.3 is 4.90 Å². The minimum atomic E-state index is -0.00322. The molecule has 2 heterocycles. The van der Waals surface area contributed by atoms with Crippen LogP contribution >= 0.6 is 0 Å². The third kappa shape index (κ3) is 0.991. The summed E-state index contributed by atoms with van der Waals surface area (Å²) in [6.07, 6.45) is 6.82. The zero-order valence-corrected chi connectivity index (χ0v) is 8.75. The van der Waals surface area contributed by atoms with Crippen molar-refractivity contribution in [1.29, 1.82) is 0 Å². The quantitative estimate of drug-likeness (QED) is 0.629. The van der Waals surface area contributed by atoms with Crippen molar-refractivity contribution in [2.45, 2.75) is 63.2 Å². The average Bonchev–Trinajstić information content (AvgIpc) is 2.60. The molecule has 14 heavy (non-hydrogen) atoms. The topological polar surface area (TPSA) is 32.3 Å². The first kappa shape index (κ1) is 8.72. The van der Waals surface area contributed by atoms with Crippen LogP contribution in [0.4, 0.5) is 0 Å². The van der Waals surface area contributed by atoms with Gasteiger partial charge in [0.2, 0.25) is 5.91 Å². The largest absolute Gasteiger partial charge is 0.320 e. The summed E-state index contributed by atoms with van der Waals surface area (Å²) in [7, 11) is 0. The van der Waals surface area contributed by atoms with Crippen LogP contribution < -0.4 is 5.32 Å². The van der Waals surface area contributed by atoms with Crippen LogP contribution in [0, 0.1) is 0 Å². The molecule has 3 nitrogen and oxygen atoms in total. The molecule has 0 aromatic heterocycles. The zero-order valence-electron chi connectivity index (χ0n) is 8.75. The molecule has 78 valence electrons. The van der Waals surface area contributed by atoms with Gasteiger partial charge >= 0.3 is 0 Å². The van der Waals surface area contributed by atoms with Gasteiger partial charge in [0.15, 0.2) is 0 Å². The van der Waals surface area contributed by atoms with Crippen molar-refractivity contribution in [2.24, 2.45) is 0 Å². The molecule has 3 rings (SSSR count). The van der Waals surface area contributed by atoms with E-state index in [1.54, 1.807) is 0 Å². The van der Waals surface area contributed by atoms with Crippen LogP contribution in [-0.4, -0.2) is 28.6 Å².